The molecule has 0 radical (unpaired) electrons. The number of ether oxygens (including phenoxy) is 1. The molecule has 152 valence electrons. The van der Waals surface area contributed by atoms with Crippen molar-refractivity contribution in [2.75, 3.05) is 13.2 Å². The van der Waals surface area contributed by atoms with Crippen LogP contribution in [0.25, 0.3) is 11.4 Å². The molecule has 3 N–H and O–H groups in total. The fraction of sp³-hybridized carbons (Fsp3) is 0.250. The lowest BCUT2D eigenvalue weighted by molar-refractivity contribution is 0.262. The van der Waals surface area contributed by atoms with E-state index < -0.39 is 0 Å². The van der Waals surface area contributed by atoms with Gasteiger partial charge in [0.25, 0.3) is 0 Å². The Morgan fingerprint density at radius 2 is 2.00 bits per heavy atom. The van der Waals surface area contributed by atoms with E-state index in [0.717, 1.165) is 23.3 Å². The van der Waals surface area contributed by atoms with Gasteiger partial charge in [-0.3, -0.25) is 4.99 Å². The van der Waals surface area contributed by atoms with Crippen molar-refractivity contribution in [1.29, 1.82) is 0 Å². The number of fused-ring (bicyclic) bond motifs is 1. The second kappa shape index (κ2) is 9.93. The number of aliphatic imine (C=N–C) groups is 1. The molecule has 1 aromatic heterocycles. The largest absolute Gasteiger partial charge is 0.493 e. The highest BCUT2D eigenvalue weighted by molar-refractivity contribution is 14.0. The minimum absolute atomic E-state index is 0. The zero-order valence-electron chi connectivity index (χ0n) is 15.5. The fourth-order valence-electron chi connectivity index (χ4n) is 3.06. The van der Waals surface area contributed by atoms with Crippen LogP contribution in [0, 0.1) is 0 Å². The Bertz CT molecular complexity index is 977. The summed E-state index contributed by atoms with van der Waals surface area (Å²) in [6.07, 6.45) is 1.34. The number of benzene rings is 2. The molecular formula is C20H21ClIN5O2. The summed E-state index contributed by atoms with van der Waals surface area (Å²) in [5.41, 5.74) is 8.00. The molecule has 7 nitrogen and oxygen atoms in total. The standard InChI is InChI=1S/C20H20ClN5O2.HI/c21-14-7-5-13(6-8-14)19-25-18(28-26-19)9-11-23-20(22)24-16-10-12-27-17-4-2-1-3-15(16)17;/h1-8,16H,9-12H2,(H3,22,23,24);1H. The number of para-hydroxylation sites is 1. The van der Waals surface area contributed by atoms with Gasteiger partial charge in [0.2, 0.25) is 11.7 Å². The predicted molar refractivity (Wildman–Crippen MR) is 123 cm³/mol. The third kappa shape index (κ3) is 5.39. The zero-order chi connectivity index (χ0) is 19.3. The van der Waals surface area contributed by atoms with Crippen molar-refractivity contribution in [2.24, 2.45) is 10.7 Å². The van der Waals surface area contributed by atoms with E-state index in [-0.39, 0.29) is 30.0 Å². The van der Waals surface area contributed by atoms with Gasteiger partial charge in [0.1, 0.15) is 5.75 Å². The second-order valence-corrected chi connectivity index (χ2v) is 6.84. The lowest BCUT2D eigenvalue weighted by atomic mass is 10.0. The fourth-order valence-corrected chi connectivity index (χ4v) is 3.19. The molecule has 3 aromatic rings. The maximum Gasteiger partial charge on any atom is 0.228 e. The maximum atomic E-state index is 6.06. The van der Waals surface area contributed by atoms with Gasteiger partial charge in [-0.2, -0.15) is 4.98 Å². The molecule has 0 bridgehead atoms. The van der Waals surface area contributed by atoms with Gasteiger partial charge in [-0.05, 0) is 30.3 Å². The van der Waals surface area contributed by atoms with Gasteiger partial charge in [-0.25, -0.2) is 0 Å². The molecule has 0 amide bonds. The summed E-state index contributed by atoms with van der Waals surface area (Å²) >= 11 is 5.90. The van der Waals surface area contributed by atoms with Crippen LogP contribution in [0.5, 0.6) is 5.75 Å². The van der Waals surface area contributed by atoms with Crippen molar-refractivity contribution in [3.05, 3.63) is 65.0 Å². The van der Waals surface area contributed by atoms with Gasteiger partial charge in [0.15, 0.2) is 5.96 Å². The summed E-state index contributed by atoms with van der Waals surface area (Å²) in [5, 5.41) is 7.92. The second-order valence-electron chi connectivity index (χ2n) is 6.41. The van der Waals surface area contributed by atoms with E-state index in [1.165, 1.54) is 0 Å². The summed E-state index contributed by atoms with van der Waals surface area (Å²) in [4.78, 5) is 8.76. The van der Waals surface area contributed by atoms with Gasteiger partial charge >= 0.3 is 0 Å². The number of aromatic nitrogens is 2. The Morgan fingerprint density at radius 3 is 2.83 bits per heavy atom. The highest BCUT2D eigenvalue weighted by atomic mass is 127. The Kier molecular flexibility index (Phi) is 7.32. The summed E-state index contributed by atoms with van der Waals surface area (Å²) in [6.45, 7) is 1.10. The predicted octanol–water partition coefficient (Wildman–Crippen LogP) is 3.98. The maximum absolute atomic E-state index is 6.06. The Morgan fingerprint density at radius 1 is 1.21 bits per heavy atom. The molecule has 0 fully saturated rings. The van der Waals surface area contributed by atoms with Crippen LogP contribution >= 0.6 is 35.6 Å². The smallest absolute Gasteiger partial charge is 0.228 e. The van der Waals surface area contributed by atoms with Crippen molar-refractivity contribution >= 4 is 41.5 Å². The molecule has 0 saturated heterocycles. The van der Waals surface area contributed by atoms with Crippen molar-refractivity contribution in [3.63, 3.8) is 0 Å². The topological polar surface area (TPSA) is 98.6 Å². The molecule has 0 saturated carbocycles. The van der Waals surface area contributed by atoms with Gasteiger partial charge in [-0.1, -0.05) is 35.0 Å². The highest BCUT2D eigenvalue weighted by Crippen LogP contribution is 2.31. The van der Waals surface area contributed by atoms with E-state index in [4.69, 9.17) is 26.6 Å². The van der Waals surface area contributed by atoms with Gasteiger partial charge in [-0.15, -0.1) is 24.0 Å². The van der Waals surface area contributed by atoms with Crippen molar-refractivity contribution in [3.8, 4) is 17.1 Å². The van der Waals surface area contributed by atoms with Crippen LogP contribution in [0.3, 0.4) is 0 Å². The molecule has 9 heteroatoms. The van der Waals surface area contributed by atoms with Crippen molar-refractivity contribution < 1.29 is 9.26 Å². The van der Waals surface area contributed by atoms with Gasteiger partial charge < -0.3 is 20.3 Å². The SMILES string of the molecule is I.NC(=NCCc1nc(-c2ccc(Cl)cc2)no1)NC1CCOc2ccccc21. The van der Waals surface area contributed by atoms with E-state index >= 15 is 0 Å². The minimum Gasteiger partial charge on any atom is -0.493 e. The lowest BCUT2D eigenvalue weighted by Crippen LogP contribution is -2.37. The average Bonchev–Trinajstić information content (AvgIpc) is 3.18. The van der Waals surface area contributed by atoms with E-state index in [9.17, 15) is 0 Å². The van der Waals surface area contributed by atoms with Crippen LogP contribution in [0.2, 0.25) is 5.02 Å². The minimum atomic E-state index is 0. The zero-order valence-corrected chi connectivity index (χ0v) is 18.6. The first-order valence-corrected chi connectivity index (χ1v) is 9.43. The van der Waals surface area contributed by atoms with Crippen molar-refractivity contribution in [1.82, 2.24) is 15.5 Å². The molecule has 1 atom stereocenters. The van der Waals surface area contributed by atoms with Crippen LogP contribution < -0.4 is 15.8 Å². The first kappa shape index (κ1) is 21.4. The monoisotopic (exact) mass is 525 g/mol. The number of nitrogens with one attached hydrogen (secondary N) is 1. The third-order valence-corrected chi connectivity index (χ3v) is 4.71. The summed E-state index contributed by atoms with van der Waals surface area (Å²) < 4.78 is 11.0. The van der Waals surface area contributed by atoms with Crippen LogP contribution in [0.15, 0.2) is 58.0 Å². The Labute approximate surface area is 190 Å². The molecule has 29 heavy (non-hydrogen) atoms. The van der Waals surface area contributed by atoms with E-state index in [2.05, 4.69) is 20.4 Å². The molecule has 4 rings (SSSR count). The molecule has 1 unspecified atom stereocenters. The van der Waals surface area contributed by atoms with Crippen LogP contribution in [0.1, 0.15) is 23.9 Å². The number of rotatable bonds is 5. The summed E-state index contributed by atoms with van der Waals surface area (Å²) in [7, 11) is 0. The van der Waals surface area contributed by atoms with Crippen LogP contribution in [-0.2, 0) is 6.42 Å². The average molecular weight is 526 g/mol. The number of hydrogen-bond acceptors (Lipinski definition) is 5. The normalized spacial score (nSPS) is 15.8. The number of guanidine groups is 1. The number of nitrogens with zero attached hydrogens (tertiary/aromatic N) is 3. The lowest BCUT2D eigenvalue weighted by Gasteiger charge is -2.26. The molecule has 0 spiro atoms. The van der Waals surface area contributed by atoms with Gasteiger partial charge in [0, 0.05) is 29.0 Å². The van der Waals surface area contributed by atoms with E-state index in [0.29, 0.717) is 42.3 Å². The van der Waals surface area contributed by atoms with E-state index in [1.807, 2.05) is 36.4 Å². The molecule has 0 aliphatic carbocycles. The number of nitrogens with two attached hydrogens (primary N) is 1. The van der Waals surface area contributed by atoms with Crippen LogP contribution in [-0.4, -0.2) is 29.3 Å². The molecule has 1 aliphatic heterocycles. The number of hydrogen-bond donors (Lipinski definition) is 2. The van der Waals surface area contributed by atoms with Crippen LogP contribution in [0.4, 0.5) is 0 Å². The van der Waals surface area contributed by atoms with Crippen molar-refractivity contribution in [2.45, 2.75) is 18.9 Å². The quantitative estimate of drug-likeness (QED) is 0.297. The Balaban J connectivity index is 0.00000240. The van der Waals surface area contributed by atoms with Gasteiger partial charge in [0.05, 0.1) is 19.2 Å². The Hall–Kier alpha value is -2.33. The summed E-state index contributed by atoms with van der Waals surface area (Å²) in [5.74, 6) is 2.32. The molecular weight excluding hydrogens is 505 g/mol. The summed E-state index contributed by atoms with van der Waals surface area (Å²) in [6, 6.07) is 15.3. The molecule has 1 aliphatic rings. The number of halogens is 2. The first-order valence-electron chi connectivity index (χ1n) is 9.06. The van der Waals surface area contributed by atoms with E-state index in [1.54, 1.807) is 12.1 Å². The first-order chi connectivity index (χ1) is 13.7. The molecule has 2 heterocycles. The molecule has 2 aromatic carbocycles. The highest BCUT2D eigenvalue weighted by Gasteiger charge is 2.21. The third-order valence-electron chi connectivity index (χ3n) is 4.46.